The van der Waals surface area contributed by atoms with Crippen LogP contribution in [-0.2, 0) is 12.8 Å². The van der Waals surface area contributed by atoms with Crippen LogP contribution in [0.4, 0.5) is 0 Å². The van der Waals surface area contributed by atoms with E-state index in [0.29, 0.717) is 4.83 Å². The van der Waals surface area contributed by atoms with E-state index < -0.39 is 0 Å². The lowest BCUT2D eigenvalue weighted by Gasteiger charge is -2.10. The van der Waals surface area contributed by atoms with E-state index in [-0.39, 0.29) is 0 Å². The third-order valence-electron chi connectivity index (χ3n) is 6.04. The van der Waals surface area contributed by atoms with E-state index >= 15 is 0 Å². The average Bonchev–Trinajstić information content (AvgIpc) is 2.77. The number of unbranched alkanes of at least 4 members (excludes halogenated alkanes) is 9. The molecular weight excluding hydrogens is 487 g/mol. The third-order valence-corrected chi connectivity index (χ3v) is 7.46. The van der Waals surface area contributed by atoms with Crippen LogP contribution < -0.4 is 0 Å². The summed E-state index contributed by atoms with van der Waals surface area (Å²) in [6.07, 6.45) is 20.0. The summed E-state index contributed by atoms with van der Waals surface area (Å²) in [5.74, 6) is 0. The molecule has 0 aliphatic heterocycles. The van der Waals surface area contributed by atoms with Gasteiger partial charge in [-0.2, -0.15) is 0 Å². The lowest BCUT2D eigenvalue weighted by molar-refractivity contribution is 0.538. The molecule has 2 aromatic rings. The summed E-state index contributed by atoms with van der Waals surface area (Å²) in [6, 6.07) is 16.6. The van der Waals surface area contributed by atoms with Crippen molar-refractivity contribution in [1.82, 2.24) is 0 Å². The Morgan fingerprint density at radius 1 is 0.484 bits per heavy atom. The Balaban J connectivity index is 1.32. The van der Waals surface area contributed by atoms with E-state index in [4.69, 9.17) is 23.2 Å². The molecular formula is C28H39BrCl2. The fraction of sp³-hybridized carbons (Fsp3) is 0.571. The lowest BCUT2D eigenvalue weighted by atomic mass is 10.0. The van der Waals surface area contributed by atoms with Crippen LogP contribution in [0.1, 0.15) is 94.6 Å². The van der Waals surface area contributed by atoms with Crippen LogP contribution in [0.2, 0.25) is 10.0 Å². The van der Waals surface area contributed by atoms with Gasteiger partial charge in [0.2, 0.25) is 0 Å². The van der Waals surface area contributed by atoms with E-state index in [0.717, 1.165) is 16.5 Å². The van der Waals surface area contributed by atoms with E-state index in [1.807, 2.05) is 24.3 Å². The van der Waals surface area contributed by atoms with E-state index in [1.165, 1.54) is 101 Å². The number of hydrogen-bond acceptors (Lipinski definition) is 0. The van der Waals surface area contributed by atoms with Crippen molar-refractivity contribution in [2.24, 2.45) is 0 Å². The fourth-order valence-corrected chi connectivity index (χ4v) is 4.98. The highest BCUT2D eigenvalue weighted by molar-refractivity contribution is 9.09. The summed E-state index contributed by atoms with van der Waals surface area (Å²) >= 11 is 15.8. The molecule has 1 atom stereocenters. The predicted octanol–water partition coefficient (Wildman–Crippen LogP) is 10.6. The highest BCUT2D eigenvalue weighted by atomic mass is 79.9. The fourth-order valence-electron chi connectivity index (χ4n) is 4.08. The number of rotatable bonds is 17. The minimum atomic E-state index is 0.674. The van der Waals surface area contributed by atoms with Crippen molar-refractivity contribution in [3.8, 4) is 0 Å². The molecule has 31 heavy (non-hydrogen) atoms. The maximum Gasteiger partial charge on any atom is 0.0406 e. The van der Waals surface area contributed by atoms with Gasteiger partial charge in [0.25, 0.3) is 0 Å². The second kappa shape index (κ2) is 17.0. The first-order valence-corrected chi connectivity index (χ1v) is 13.9. The number of benzene rings is 2. The Labute approximate surface area is 209 Å². The van der Waals surface area contributed by atoms with E-state index in [9.17, 15) is 0 Å². The standard InChI is InChI=1S/C28H39BrCl2/c29-26(15-11-13-25-18-22-28(31)23-19-25)14-10-8-6-4-2-1-3-5-7-9-12-24-16-20-27(30)21-17-24/h16-23,26H,1-15H2. The molecule has 0 saturated carbocycles. The topological polar surface area (TPSA) is 0 Å². The van der Waals surface area contributed by atoms with Gasteiger partial charge in [0.15, 0.2) is 0 Å². The number of hydrogen-bond donors (Lipinski definition) is 0. The molecule has 0 aliphatic rings. The quantitative estimate of drug-likeness (QED) is 0.142. The lowest BCUT2D eigenvalue weighted by Crippen LogP contribution is -1.99. The molecule has 2 aromatic carbocycles. The van der Waals surface area contributed by atoms with Crippen LogP contribution in [-0.4, -0.2) is 4.83 Å². The summed E-state index contributed by atoms with van der Waals surface area (Å²) in [6.45, 7) is 0. The molecule has 3 heteroatoms. The molecule has 0 spiro atoms. The first-order valence-electron chi connectivity index (χ1n) is 12.3. The van der Waals surface area contributed by atoms with Crippen LogP contribution in [0.15, 0.2) is 48.5 Å². The van der Waals surface area contributed by atoms with Crippen molar-refractivity contribution in [2.75, 3.05) is 0 Å². The van der Waals surface area contributed by atoms with Gasteiger partial charge in [0, 0.05) is 14.9 Å². The van der Waals surface area contributed by atoms with Gasteiger partial charge in [-0.25, -0.2) is 0 Å². The summed E-state index contributed by atoms with van der Waals surface area (Å²) in [5.41, 5.74) is 2.81. The van der Waals surface area contributed by atoms with Crippen LogP contribution >= 0.6 is 39.1 Å². The van der Waals surface area contributed by atoms with Crippen LogP contribution in [0.3, 0.4) is 0 Å². The minimum absolute atomic E-state index is 0.674. The minimum Gasteiger partial charge on any atom is -0.0891 e. The summed E-state index contributed by atoms with van der Waals surface area (Å²) in [4.78, 5) is 0.674. The van der Waals surface area contributed by atoms with Gasteiger partial charge in [-0.3, -0.25) is 0 Å². The normalized spacial score (nSPS) is 12.2. The van der Waals surface area contributed by atoms with Gasteiger partial charge < -0.3 is 0 Å². The Hall–Kier alpha value is -0.500. The average molecular weight is 526 g/mol. The molecule has 0 radical (unpaired) electrons. The monoisotopic (exact) mass is 524 g/mol. The molecule has 0 fully saturated rings. The van der Waals surface area contributed by atoms with Crippen molar-refractivity contribution in [1.29, 1.82) is 0 Å². The van der Waals surface area contributed by atoms with Crippen molar-refractivity contribution < 1.29 is 0 Å². The molecule has 0 bridgehead atoms. The van der Waals surface area contributed by atoms with Crippen LogP contribution in [0.5, 0.6) is 0 Å². The maximum atomic E-state index is 5.94. The molecule has 0 aliphatic carbocycles. The second-order valence-electron chi connectivity index (χ2n) is 8.82. The molecule has 1 unspecified atom stereocenters. The SMILES string of the molecule is Clc1ccc(CCCCCCCCCCCCC(Br)CCCc2ccc(Cl)cc2)cc1. The Morgan fingerprint density at radius 2 is 0.839 bits per heavy atom. The Bertz CT molecular complexity index is 681. The highest BCUT2D eigenvalue weighted by Crippen LogP contribution is 2.20. The highest BCUT2D eigenvalue weighted by Gasteiger charge is 2.04. The van der Waals surface area contributed by atoms with Crippen molar-refractivity contribution in [2.45, 2.75) is 101 Å². The number of halogens is 3. The van der Waals surface area contributed by atoms with Crippen molar-refractivity contribution in [3.63, 3.8) is 0 Å². The zero-order chi connectivity index (χ0) is 22.2. The summed E-state index contributed by atoms with van der Waals surface area (Å²) < 4.78 is 0. The summed E-state index contributed by atoms with van der Waals surface area (Å²) in [7, 11) is 0. The van der Waals surface area contributed by atoms with Gasteiger partial charge in [-0.05, 0) is 73.9 Å². The first kappa shape index (κ1) is 26.7. The summed E-state index contributed by atoms with van der Waals surface area (Å²) in [5, 5.41) is 1.66. The van der Waals surface area contributed by atoms with Crippen LogP contribution in [0.25, 0.3) is 0 Å². The Morgan fingerprint density at radius 3 is 1.32 bits per heavy atom. The molecule has 0 amide bonds. The largest absolute Gasteiger partial charge is 0.0891 e. The van der Waals surface area contributed by atoms with Gasteiger partial charge in [0.1, 0.15) is 0 Å². The van der Waals surface area contributed by atoms with Crippen molar-refractivity contribution in [3.05, 3.63) is 69.7 Å². The molecule has 0 aromatic heterocycles. The number of alkyl halides is 1. The van der Waals surface area contributed by atoms with Gasteiger partial charge in [-0.15, -0.1) is 0 Å². The third kappa shape index (κ3) is 13.6. The smallest absolute Gasteiger partial charge is 0.0406 e. The van der Waals surface area contributed by atoms with E-state index in [2.05, 4.69) is 40.2 Å². The maximum absolute atomic E-state index is 5.94. The zero-order valence-electron chi connectivity index (χ0n) is 18.9. The van der Waals surface area contributed by atoms with Crippen LogP contribution in [0, 0.1) is 0 Å². The zero-order valence-corrected chi connectivity index (χ0v) is 22.0. The second-order valence-corrected chi connectivity index (χ2v) is 11.0. The van der Waals surface area contributed by atoms with Gasteiger partial charge in [0.05, 0.1) is 0 Å². The number of aryl methyl sites for hydroxylation is 2. The van der Waals surface area contributed by atoms with Gasteiger partial charge >= 0.3 is 0 Å². The molecule has 0 heterocycles. The predicted molar refractivity (Wildman–Crippen MR) is 143 cm³/mol. The molecule has 0 nitrogen and oxygen atoms in total. The Kier molecular flexibility index (Phi) is 14.7. The molecule has 172 valence electrons. The van der Waals surface area contributed by atoms with Gasteiger partial charge in [-0.1, -0.05) is 121 Å². The van der Waals surface area contributed by atoms with E-state index in [1.54, 1.807) is 0 Å². The molecule has 2 rings (SSSR count). The van der Waals surface area contributed by atoms with Crippen molar-refractivity contribution >= 4 is 39.1 Å². The molecule has 0 N–H and O–H groups in total. The molecule has 0 saturated heterocycles. The first-order chi connectivity index (χ1) is 15.1.